The number of hydrogen-bond acceptors (Lipinski definition) is 5. The summed E-state index contributed by atoms with van der Waals surface area (Å²) in [6, 6.07) is 5.73. The molecule has 2 N–H and O–H groups in total. The molecule has 4 rings (SSSR count). The van der Waals surface area contributed by atoms with Crippen molar-refractivity contribution in [3.63, 3.8) is 0 Å². The van der Waals surface area contributed by atoms with Gasteiger partial charge in [-0.15, -0.1) is 0 Å². The summed E-state index contributed by atoms with van der Waals surface area (Å²) in [5.41, 5.74) is 6.86. The molecular formula is C14H15N3O3. The lowest BCUT2D eigenvalue weighted by Crippen LogP contribution is -2.61. The Labute approximate surface area is 115 Å². The molecule has 0 radical (unpaired) electrons. The van der Waals surface area contributed by atoms with Crippen molar-refractivity contribution in [2.45, 2.75) is 18.4 Å². The lowest BCUT2D eigenvalue weighted by molar-refractivity contribution is -0.0201. The van der Waals surface area contributed by atoms with Crippen molar-refractivity contribution in [2.24, 2.45) is 5.73 Å². The first-order valence-corrected chi connectivity index (χ1v) is 6.75. The molecule has 0 bridgehead atoms. The molecule has 20 heavy (non-hydrogen) atoms. The van der Waals surface area contributed by atoms with Crippen LogP contribution in [0.1, 0.15) is 23.2 Å². The van der Waals surface area contributed by atoms with Crippen molar-refractivity contribution in [2.75, 3.05) is 24.6 Å². The summed E-state index contributed by atoms with van der Waals surface area (Å²) in [5, 5.41) is 0. The van der Waals surface area contributed by atoms with Crippen LogP contribution >= 0.6 is 0 Å². The molecule has 2 aliphatic heterocycles. The standard InChI is InChI=1S/C14H15N3O3/c15-12(18)9-3-1-4-10-11(9)16-13(20-10)17-7-14(8-17)5-2-6-19-14/h1,3-4H,2,5-8H2,(H2,15,18). The van der Waals surface area contributed by atoms with Gasteiger partial charge in [-0.1, -0.05) is 6.07 Å². The predicted molar refractivity (Wildman–Crippen MR) is 72.7 cm³/mol. The zero-order valence-electron chi connectivity index (χ0n) is 11.0. The summed E-state index contributed by atoms with van der Waals surface area (Å²) in [5.74, 6) is -0.491. The average molecular weight is 273 g/mol. The van der Waals surface area contributed by atoms with Crippen LogP contribution in [0.25, 0.3) is 11.1 Å². The summed E-state index contributed by atoms with van der Waals surface area (Å²) in [7, 11) is 0. The fourth-order valence-electron chi connectivity index (χ4n) is 3.06. The molecule has 2 fully saturated rings. The van der Waals surface area contributed by atoms with Crippen LogP contribution in [0.2, 0.25) is 0 Å². The first-order valence-electron chi connectivity index (χ1n) is 6.75. The van der Waals surface area contributed by atoms with Crippen molar-refractivity contribution in [1.29, 1.82) is 0 Å². The number of amides is 1. The van der Waals surface area contributed by atoms with Crippen molar-refractivity contribution < 1.29 is 13.9 Å². The molecule has 104 valence electrons. The summed E-state index contributed by atoms with van der Waals surface area (Å²) in [4.78, 5) is 17.8. The second kappa shape index (κ2) is 3.96. The number of hydrogen-bond donors (Lipinski definition) is 1. The Morgan fingerprint density at radius 2 is 2.25 bits per heavy atom. The summed E-state index contributed by atoms with van der Waals surface area (Å²) in [6.45, 7) is 2.44. The van der Waals surface area contributed by atoms with E-state index in [9.17, 15) is 4.79 Å². The molecule has 0 saturated carbocycles. The molecule has 0 unspecified atom stereocenters. The lowest BCUT2D eigenvalue weighted by atomic mass is 9.91. The van der Waals surface area contributed by atoms with Gasteiger partial charge < -0.3 is 19.8 Å². The Morgan fingerprint density at radius 1 is 1.40 bits per heavy atom. The van der Waals surface area contributed by atoms with Crippen molar-refractivity contribution in [3.05, 3.63) is 23.8 Å². The van der Waals surface area contributed by atoms with Gasteiger partial charge >= 0.3 is 0 Å². The number of aromatic nitrogens is 1. The molecular weight excluding hydrogens is 258 g/mol. The van der Waals surface area contributed by atoms with E-state index < -0.39 is 5.91 Å². The first-order chi connectivity index (χ1) is 9.67. The number of nitrogens with zero attached hydrogens (tertiary/aromatic N) is 2. The number of carbonyl (C=O) groups excluding carboxylic acids is 1. The Morgan fingerprint density at radius 3 is 2.95 bits per heavy atom. The summed E-state index contributed by atoms with van der Waals surface area (Å²) < 4.78 is 11.5. The smallest absolute Gasteiger partial charge is 0.298 e. The van der Waals surface area contributed by atoms with Gasteiger partial charge in [-0.2, -0.15) is 4.98 Å². The number of nitrogens with two attached hydrogens (primary N) is 1. The van der Waals surface area contributed by atoms with E-state index in [2.05, 4.69) is 4.98 Å². The topological polar surface area (TPSA) is 81.6 Å². The number of primary amides is 1. The quantitative estimate of drug-likeness (QED) is 0.891. The predicted octanol–water partition coefficient (Wildman–Crippen LogP) is 1.30. The normalized spacial score (nSPS) is 20.5. The second-order valence-corrected chi connectivity index (χ2v) is 5.50. The summed E-state index contributed by atoms with van der Waals surface area (Å²) in [6.07, 6.45) is 2.21. The Hall–Kier alpha value is -2.08. The van der Waals surface area contributed by atoms with Crippen molar-refractivity contribution >= 4 is 23.0 Å². The Bertz CT molecular complexity index is 680. The molecule has 0 aliphatic carbocycles. The van der Waals surface area contributed by atoms with Gasteiger partial charge in [-0.25, -0.2) is 0 Å². The Balaban J connectivity index is 1.65. The van der Waals surface area contributed by atoms with E-state index in [0.717, 1.165) is 32.5 Å². The van der Waals surface area contributed by atoms with Gasteiger partial charge in [0.15, 0.2) is 5.58 Å². The average Bonchev–Trinajstić information content (AvgIpc) is 3.02. The van der Waals surface area contributed by atoms with Crippen LogP contribution in [-0.4, -0.2) is 36.2 Å². The maximum absolute atomic E-state index is 11.4. The molecule has 0 atom stereocenters. The maximum atomic E-state index is 11.4. The third kappa shape index (κ3) is 1.61. The van der Waals surface area contributed by atoms with E-state index in [4.69, 9.17) is 14.9 Å². The molecule has 3 heterocycles. The Kier molecular flexibility index (Phi) is 2.32. The maximum Gasteiger partial charge on any atom is 0.298 e. The third-order valence-electron chi connectivity index (χ3n) is 4.09. The van der Waals surface area contributed by atoms with E-state index in [1.165, 1.54) is 0 Å². The highest BCUT2D eigenvalue weighted by molar-refractivity contribution is 6.03. The van der Waals surface area contributed by atoms with Crippen LogP contribution in [-0.2, 0) is 4.74 Å². The monoisotopic (exact) mass is 273 g/mol. The van der Waals surface area contributed by atoms with Crippen LogP contribution in [0, 0.1) is 0 Å². The SMILES string of the molecule is NC(=O)c1cccc2oc(N3CC4(CCCO4)C3)nc12. The fourth-order valence-corrected chi connectivity index (χ4v) is 3.06. The molecule has 2 aliphatic rings. The number of ether oxygens (including phenoxy) is 1. The molecule has 1 spiro atoms. The van der Waals surface area contributed by atoms with E-state index in [-0.39, 0.29) is 5.60 Å². The van der Waals surface area contributed by atoms with Gasteiger partial charge in [-0.05, 0) is 25.0 Å². The zero-order valence-corrected chi connectivity index (χ0v) is 11.0. The van der Waals surface area contributed by atoms with Crippen LogP contribution < -0.4 is 10.6 Å². The van der Waals surface area contributed by atoms with Crippen LogP contribution in [0.4, 0.5) is 6.01 Å². The largest absolute Gasteiger partial charge is 0.423 e. The third-order valence-corrected chi connectivity index (χ3v) is 4.09. The van der Waals surface area contributed by atoms with Crippen LogP contribution in [0.3, 0.4) is 0 Å². The van der Waals surface area contributed by atoms with E-state index in [0.29, 0.717) is 22.7 Å². The highest BCUT2D eigenvalue weighted by atomic mass is 16.5. The molecule has 2 saturated heterocycles. The van der Waals surface area contributed by atoms with Crippen LogP contribution in [0.5, 0.6) is 0 Å². The highest BCUT2D eigenvalue weighted by Gasteiger charge is 2.48. The van der Waals surface area contributed by atoms with E-state index in [1.807, 2.05) is 4.90 Å². The molecule has 1 aromatic carbocycles. The molecule has 6 nitrogen and oxygen atoms in total. The fraction of sp³-hybridized carbons (Fsp3) is 0.429. The van der Waals surface area contributed by atoms with Crippen molar-refractivity contribution in [3.8, 4) is 0 Å². The van der Waals surface area contributed by atoms with Gasteiger partial charge in [0, 0.05) is 6.61 Å². The number of anilines is 1. The van der Waals surface area contributed by atoms with Gasteiger partial charge in [0.25, 0.3) is 11.9 Å². The zero-order chi connectivity index (χ0) is 13.7. The number of carbonyl (C=O) groups is 1. The minimum atomic E-state index is -0.491. The highest BCUT2D eigenvalue weighted by Crippen LogP contribution is 2.38. The molecule has 6 heteroatoms. The number of rotatable bonds is 2. The second-order valence-electron chi connectivity index (χ2n) is 5.50. The lowest BCUT2D eigenvalue weighted by Gasteiger charge is -2.46. The number of para-hydroxylation sites is 1. The molecule has 2 aromatic rings. The molecule has 1 aromatic heterocycles. The van der Waals surface area contributed by atoms with Crippen LogP contribution in [0.15, 0.2) is 22.6 Å². The first kappa shape index (κ1) is 11.7. The van der Waals surface area contributed by atoms with E-state index >= 15 is 0 Å². The van der Waals surface area contributed by atoms with Gasteiger partial charge in [-0.3, -0.25) is 4.79 Å². The molecule has 1 amide bonds. The number of fused-ring (bicyclic) bond motifs is 1. The van der Waals surface area contributed by atoms with Gasteiger partial charge in [0.05, 0.1) is 18.7 Å². The van der Waals surface area contributed by atoms with Gasteiger partial charge in [0.1, 0.15) is 11.1 Å². The minimum absolute atomic E-state index is 0.00677. The summed E-state index contributed by atoms with van der Waals surface area (Å²) >= 11 is 0. The number of benzene rings is 1. The van der Waals surface area contributed by atoms with Crippen molar-refractivity contribution in [1.82, 2.24) is 4.98 Å². The van der Waals surface area contributed by atoms with E-state index in [1.54, 1.807) is 18.2 Å². The minimum Gasteiger partial charge on any atom is -0.423 e. The number of oxazole rings is 1. The van der Waals surface area contributed by atoms with Gasteiger partial charge in [0.2, 0.25) is 0 Å².